The van der Waals surface area contributed by atoms with Crippen molar-refractivity contribution in [3.63, 3.8) is 0 Å². The summed E-state index contributed by atoms with van der Waals surface area (Å²) in [6.07, 6.45) is -4.52. The number of rotatable bonds is 2. The molecule has 2 rings (SSSR count). The molecule has 1 atom stereocenters. The van der Waals surface area contributed by atoms with Gasteiger partial charge in [0.2, 0.25) is 0 Å². The van der Waals surface area contributed by atoms with Crippen LogP contribution >= 0.6 is 0 Å². The van der Waals surface area contributed by atoms with Crippen LogP contribution in [0.1, 0.15) is 22.7 Å². The first-order valence-corrected chi connectivity index (χ1v) is 5.66. The minimum atomic E-state index is -4.52. The third-order valence-electron chi connectivity index (χ3n) is 2.87. The quantitative estimate of drug-likeness (QED) is 0.829. The molecule has 0 saturated carbocycles. The van der Waals surface area contributed by atoms with Gasteiger partial charge in [0.05, 0.1) is 11.6 Å². The van der Waals surface area contributed by atoms with Gasteiger partial charge in [-0.3, -0.25) is 0 Å². The number of hydrogen-bond donors (Lipinski definition) is 1. The maximum atomic E-state index is 13.6. The first-order chi connectivity index (χ1) is 9.29. The van der Waals surface area contributed by atoms with Gasteiger partial charge in [0.25, 0.3) is 0 Å². The maximum absolute atomic E-state index is 13.6. The minimum Gasteiger partial charge on any atom is -0.320 e. The number of nitrogens with two attached hydrogens (primary N) is 1. The summed E-state index contributed by atoms with van der Waals surface area (Å²) in [4.78, 5) is 0. The van der Waals surface area contributed by atoms with Gasteiger partial charge in [-0.1, -0.05) is 12.1 Å². The van der Waals surface area contributed by atoms with Crippen LogP contribution in [-0.2, 0) is 6.18 Å². The van der Waals surface area contributed by atoms with Crippen molar-refractivity contribution >= 4 is 0 Å². The molecular weight excluding hydrogens is 277 g/mol. The number of alkyl halides is 3. The van der Waals surface area contributed by atoms with Crippen LogP contribution < -0.4 is 5.73 Å². The van der Waals surface area contributed by atoms with Crippen molar-refractivity contribution < 1.29 is 22.0 Å². The lowest BCUT2D eigenvalue weighted by atomic mass is 9.97. The van der Waals surface area contributed by atoms with E-state index in [4.69, 9.17) is 5.73 Å². The third kappa shape index (κ3) is 2.96. The Hall–Kier alpha value is -1.95. The Morgan fingerprint density at radius 3 is 2.30 bits per heavy atom. The molecule has 0 saturated heterocycles. The second-order valence-corrected chi connectivity index (χ2v) is 4.27. The molecule has 1 unspecified atom stereocenters. The maximum Gasteiger partial charge on any atom is 0.416 e. The summed E-state index contributed by atoms with van der Waals surface area (Å²) in [5.74, 6) is -1.47. The van der Waals surface area contributed by atoms with Crippen molar-refractivity contribution in [1.82, 2.24) is 0 Å². The first-order valence-electron chi connectivity index (χ1n) is 5.66. The van der Waals surface area contributed by atoms with Crippen LogP contribution in [0.4, 0.5) is 22.0 Å². The van der Waals surface area contributed by atoms with Gasteiger partial charge in [0.15, 0.2) is 0 Å². The molecule has 2 aromatic rings. The largest absolute Gasteiger partial charge is 0.416 e. The predicted molar refractivity (Wildman–Crippen MR) is 63.8 cm³/mol. The molecule has 0 bridgehead atoms. The van der Waals surface area contributed by atoms with Crippen LogP contribution in [-0.4, -0.2) is 0 Å². The van der Waals surface area contributed by atoms with E-state index in [1.807, 2.05) is 0 Å². The Kier molecular flexibility index (Phi) is 3.76. The van der Waals surface area contributed by atoms with E-state index in [-0.39, 0.29) is 11.1 Å². The van der Waals surface area contributed by atoms with Crippen molar-refractivity contribution in [3.05, 3.63) is 70.8 Å². The molecule has 0 fully saturated rings. The average Bonchev–Trinajstić information content (AvgIpc) is 2.40. The zero-order valence-corrected chi connectivity index (χ0v) is 10.1. The lowest BCUT2D eigenvalue weighted by Crippen LogP contribution is -2.15. The zero-order valence-electron chi connectivity index (χ0n) is 10.1. The van der Waals surface area contributed by atoms with Gasteiger partial charge in [-0.05, 0) is 35.9 Å². The summed E-state index contributed by atoms with van der Waals surface area (Å²) in [6.45, 7) is 0. The van der Waals surface area contributed by atoms with Gasteiger partial charge < -0.3 is 5.73 Å². The molecule has 0 spiro atoms. The van der Waals surface area contributed by atoms with Gasteiger partial charge in [0.1, 0.15) is 11.6 Å². The second-order valence-electron chi connectivity index (χ2n) is 4.27. The van der Waals surface area contributed by atoms with Gasteiger partial charge in [-0.25, -0.2) is 8.78 Å². The normalized spacial score (nSPS) is 13.3. The van der Waals surface area contributed by atoms with E-state index < -0.39 is 29.4 Å². The standard InChI is InChI=1S/C14H10F5N/c15-10-4-5-12(16)11(7-10)13(20)8-2-1-3-9(6-8)14(17,18)19/h1-7,13H,20H2. The number of hydrogen-bond acceptors (Lipinski definition) is 1. The molecule has 106 valence electrons. The summed E-state index contributed by atoms with van der Waals surface area (Å²) in [7, 11) is 0. The van der Waals surface area contributed by atoms with Gasteiger partial charge in [-0.2, -0.15) is 13.2 Å². The predicted octanol–water partition coefficient (Wildman–Crippen LogP) is 4.03. The molecule has 2 N–H and O–H groups in total. The molecule has 0 aliphatic carbocycles. The fourth-order valence-corrected chi connectivity index (χ4v) is 1.84. The van der Waals surface area contributed by atoms with Crippen LogP contribution in [0.3, 0.4) is 0 Å². The van der Waals surface area contributed by atoms with Crippen LogP contribution in [0.2, 0.25) is 0 Å². The fraction of sp³-hybridized carbons (Fsp3) is 0.143. The highest BCUT2D eigenvalue weighted by Crippen LogP contribution is 2.32. The average molecular weight is 287 g/mol. The molecule has 20 heavy (non-hydrogen) atoms. The Balaban J connectivity index is 2.43. The molecule has 0 amide bonds. The summed E-state index contributed by atoms with van der Waals surface area (Å²) in [5.41, 5.74) is 4.71. The molecular formula is C14H10F5N. The molecule has 6 heteroatoms. The Labute approximate surface area is 111 Å². The molecule has 0 heterocycles. The van der Waals surface area contributed by atoms with E-state index in [1.54, 1.807) is 0 Å². The van der Waals surface area contributed by atoms with Crippen molar-refractivity contribution in [2.45, 2.75) is 12.2 Å². The molecule has 0 aliphatic rings. The van der Waals surface area contributed by atoms with Crippen molar-refractivity contribution in [2.24, 2.45) is 5.73 Å². The topological polar surface area (TPSA) is 26.0 Å². The summed E-state index contributed by atoms with van der Waals surface area (Å²) >= 11 is 0. The Morgan fingerprint density at radius 2 is 1.65 bits per heavy atom. The number of benzene rings is 2. The highest BCUT2D eigenvalue weighted by molar-refractivity contribution is 5.35. The van der Waals surface area contributed by atoms with Crippen molar-refractivity contribution in [1.29, 1.82) is 0 Å². The fourth-order valence-electron chi connectivity index (χ4n) is 1.84. The van der Waals surface area contributed by atoms with Crippen LogP contribution in [0, 0.1) is 11.6 Å². The molecule has 0 aliphatic heterocycles. The van der Waals surface area contributed by atoms with E-state index in [0.29, 0.717) is 0 Å². The number of halogens is 5. The van der Waals surface area contributed by atoms with Crippen molar-refractivity contribution in [3.8, 4) is 0 Å². The Bertz CT molecular complexity index is 621. The minimum absolute atomic E-state index is 0.0596. The summed E-state index contributed by atoms with van der Waals surface area (Å²) in [5, 5.41) is 0. The van der Waals surface area contributed by atoms with Crippen LogP contribution in [0.5, 0.6) is 0 Å². The monoisotopic (exact) mass is 287 g/mol. The Morgan fingerprint density at radius 1 is 0.950 bits per heavy atom. The SMILES string of the molecule is NC(c1cccc(C(F)(F)F)c1)c1cc(F)ccc1F. The van der Waals surface area contributed by atoms with Crippen LogP contribution in [0.25, 0.3) is 0 Å². The first kappa shape index (κ1) is 14.5. The van der Waals surface area contributed by atoms with E-state index in [1.165, 1.54) is 12.1 Å². The lowest BCUT2D eigenvalue weighted by molar-refractivity contribution is -0.137. The summed E-state index contributed by atoms with van der Waals surface area (Å²) < 4.78 is 64.5. The van der Waals surface area contributed by atoms with Gasteiger partial charge in [-0.15, -0.1) is 0 Å². The molecule has 0 aromatic heterocycles. The van der Waals surface area contributed by atoms with Gasteiger partial charge in [0, 0.05) is 5.56 Å². The highest BCUT2D eigenvalue weighted by atomic mass is 19.4. The van der Waals surface area contributed by atoms with Gasteiger partial charge >= 0.3 is 6.18 Å². The van der Waals surface area contributed by atoms with E-state index in [9.17, 15) is 22.0 Å². The van der Waals surface area contributed by atoms with E-state index in [2.05, 4.69) is 0 Å². The third-order valence-corrected chi connectivity index (χ3v) is 2.87. The summed E-state index contributed by atoms with van der Waals surface area (Å²) in [6, 6.07) is 5.73. The molecule has 2 aromatic carbocycles. The molecule has 1 nitrogen and oxygen atoms in total. The van der Waals surface area contributed by atoms with Crippen LogP contribution in [0.15, 0.2) is 42.5 Å². The lowest BCUT2D eigenvalue weighted by Gasteiger charge is -2.15. The smallest absolute Gasteiger partial charge is 0.320 e. The van der Waals surface area contributed by atoms with E-state index >= 15 is 0 Å². The highest BCUT2D eigenvalue weighted by Gasteiger charge is 2.31. The van der Waals surface area contributed by atoms with Crippen molar-refractivity contribution in [2.75, 3.05) is 0 Å². The van der Waals surface area contributed by atoms with E-state index in [0.717, 1.165) is 30.3 Å². The zero-order chi connectivity index (χ0) is 14.9. The second kappa shape index (κ2) is 5.20. The molecule has 0 radical (unpaired) electrons.